The minimum Gasteiger partial charge on any atom is -0.447 e. The van der Waals surface area contributed by atoms with Crippen molar-refractivity contribution in [3.63, 3.8) is 0 Å². The van der Waals surface area contributed by atoms with Crippen molar-refractivity contribution >= 4 is 24.0 Å². The van der Waals surface area contributed by atoms with Crippen molar-refractivity contribution in [2.45, 2.75) is 77.9 Å². The van der Waals surface area contributed by atoms with E-state index >= 15 is 0 Å². The molecule has 1 N–H and O–H groups in total. The molecule has 1 unspecified atom stereocenters. The van der Waals surface area contributed by atoms with Crippen LogP contribution in [0.2, 0.25) is 0 Å². The molecule has 38 heavy (non-hydrogen) atoms. The number of amides is 2. The molecule has 2 aromatic rings. The molecular formula is C28H39N5O5. The molecule has 2 saturated heterocycles. The topological polar surface area (TPSA) is 106 Å². The smallest absolute Gasteiger partial charge is 0.416 e. The van der Waals surface area contributed by atoms with Gasteiger partial charge >= 0.3 is 12.2 Å². The molecule has 0 radical (unpaired) electrons. The lowest BCUT2D eigenvalue weighted by molar-refractivity contribution is -0.0618. The maximum Gasteiger partial charge on any atom is 0.416 e. The molecule has 3 atom stereocenters. The van der Waals surface area contributed by atoms with Gasteiger partial charge in [0.15, 0.2) is 0 Å². The second kappa shape index (κ2) is 12.0. The van der Waals surface area contributed by atoms with Crippen molar-refractivity contribution in [3.05, 3.63) is 48.2 Å². The first-order valence-electron chi connectivity index (χ1n) is 13.3. The molecule has 4 rings (SSSR count). The number of carbonyl (C=O) groups excluding carboxylic acids is 2. The summed E-state index contributed by atoms with van der Waals surface area (Å²) in [6.07, 6.45) is 2.37. The molecule has 2 amide bonds. The second-order valence-corrected chi connectivity index (χ2v) is 11.0. The standard InChI is InChI=1S/C28H39N5O5/c1-19(22-12-15-32(16-13-22)26(34)36-17-21-9-7-6-8-10-21)30-25-29-14-11-24(31-25)33-23(18-37-27(33)35)20(2)38-28(3,4)5/h6-11,14,19-20,22-23H,12-13,15-18H2,1-5H3,(H,29,30,31)/t19-,20?,23+/m0/s1. The second-order valence-electron chi connectivity index (χ2n) is 11.0. The lowest BCUT2D eigenvalue weighted by Gasteiger charge is -2.34. The number of likely N-dealkylation sites (tertiary alicyclic amines) is 1. The number of aromatic nitrogens is 2. The Bertz CT molecular complexity index is 1080. The average molecular weight is 526 g/mol. The fourth-order valence-electron chi connectivity index (χ4n) is 4.95. The Morgan fingerprint density at radius 3 is 2.55 bits per heavy atom. The average Bonchev–Trinajstić information content (AvgIpc) is 3.28. The van der Waals surface area contributed by atoms with Gasteiger partial charge in [-0.05, 0) is 65.0 Å². The number of carbonyl (C=O) groups is 2. The van der Waals surface area contributed by atoms with E-state index in [4.69, 9.17) is 14.2 Å². The fraction of sp³-hybridized carbons (Fsp3) is 0.571. The Balaban J connectivity index is 1.31. The van der Waals surface area contributed by atoms with E-state index in [1.54, 1.807) is 22.1 Å². The predicted octanol–water partition coefficient (Wildman–Crippen LogP) is 4.85. The van der Waals surface area contributed by atoms with Crippen LogP contribution in [0.1, 0.15) is 53.0 Å². The van der Waals surface area contributed by atoms with Crippen molar-refractivity contribution in [3.8, 4) is 0 Å². The van der Waals surface area contributed by atoms with Gasteiger partial charge < -0.3 is 24.4 Å². The van der Waals surface area contributed by atoms with E-state index in [0.29, 0.717) is 30.8 Å². The van der Waals surface area contributed by atoms with Crippen molar-refractivity contribution in [2.24, 2.45) is 5.92 Å². The summed E-state index contributed by atoms with van der Waals surface area (Å²) in [7, 11) is 0. The number of benzene rings is 1. The van der Waals surface area contributed by atoms with E-state index in [-0.39, 0.29) is 43.1 Å². The Labute approximate surface area is 224 Å². The van der Waals surface area contributed by atoms with E-state index in [2.05, 4.69) is 22.2 Å². The quantitative estimate of drug-likeness (QED) is 0.521. The van der Waals surface area contributed by atoms with Crippen LogP contribution in [0.25, 0.3) is 0 Å². The molecule has 0 bridgehead atoms. The molecule has 206 valence electrons. The number of hydrogen-bond acceptors (Lipinski definition) is 8. The zero-order valence-electron chi connectivity index (χ0n) is 22.9. The normalized spacial score (nSPS) is 20.1. The summed E-state index contributed by atoms with van der Waals surface area (Å²) in [5.41, 5.74) is 0.624. The summed E-state index contributed by atoms with van der Waals surface area (Å²) in [5.74, 6) is 1.26. The highest BCUT2D eigenvalue weighted by Crippen LogP contribution is 2.28. The van der Waals surface area contributed by atoms with Gasteiger partial charge in [-0.15, -0.1) is 0 Å². The first-order valence-corrected chi connectivity index (χ1v) is 13.3. The zero-order chi connectivity index (χ0) is 27.3. The van der Waals surface area contributed by atoms with Gasteiger partial charge in [0, 0.05) is 25.3 Å². The summed E-state index contributed by atoms with van der Waals surface area (Å²) < 4.78 is 16.9. The minimum absolute atomic E-state index is 0.0808. The van der Waals surface area contributed by atoms with Gasteiger partial charge in [0.05, 0.1) is 11.7 Å². The lowest BCUT2D eigenvalue weighted by atomic mass is 9.90. The molecular weight excluding hydrogens is 486 g/mol. The third-order valence-electron chi connectivity index (χ3n) is 6.94. The molecule has 2 aliphatic heterocycles. The van der Waals surface area contributed by atoms with Crippen molar-refractivity contribution < 1.29 is 23.8 Å². The first kappa shape index (κ1) is 27.6. The molecule has 10 heteroatoms. The number of ether oxygens (including phenoxy) is 3. The van der Waals surface area contributed by atoms with Crippen LogP contribution in [0.3, 0.4) is 0 Å². The Kier molecular flexibility index (Phi) is 8.71. The molecule has 3 heterocycles. The largest absolute Gasteiger partial charge is 0.447 e. The summed E-state index contributed by atoms with van der Waals surface area (Å²) in [6.45, 7) is 11.8. The van der Waals surface area contributed by atoms with Crippen molar-refractivity contribution in [1.82, 2.24) is 14.9 Å². The highest BCUT2D eigenvalue weighted by atomic mass is 16.6. The minimum atomic E-state index is -0.441. The maximum atomic E-state index is 12.6. The Morgan fingerprint density at radius 2 is 1.87 bits per heavy atom. The Hall–Kier alpha value is -3.40. The highest BCUT2D eigenvalue weighted by Gasteiger charge is 2.40. The number of cyclic esters (lactones) is 1. The molecule has 2 fully saturated rings. The SMILES string of the molecule is CC(OC(C)(C)C)[C@H]1COC(=O)N1c1ccnc(N[C@@H](C)C2CCN(C(=O)OCc3ccccc3)CC2)n1. The summed E-state index contributed by atoms with van der Waals surface area (Å²) in [5, 5.41) is 3.40. The van der Waals surface area contributed by atoms with Gasteiger partial charge in [0.1, 0.15) is 25.1 Å². The van der Waals surface area contributed by atoms with Crippen LogP contribution < -0.4 is 10.2 Å². The number of rotatable bonds is 8. The van der Waals surface area contributed by atoms with Crippen molar-refractivity contribution in [1.29, 1.82) is 0 Å². The van der Waals surface area contributed by atoms with Gasteiger partial charge in [-0.1, -0.05) is 30.3 Å². The van der Waals surface area contributed by atoms with Crippen molar-refractivity contribution in [2.75, 3.05) is 29.9 Å². The molecule has 1 aromatic heterocycles. The van der Waals surface area contributed by atoms with E-state index in [1.165, 1.54) is 0 Å². The molecule has 2 aliphatic rings. The summed E-state index contributed by atoms with van der Waals surface area (Å²) in [6, 6.07) is 11.2. The molecule has 1 aromatic carbocycles. The number of nitrogens with zero attached hydrogens (tertiary/aromatic N) is 4. The summed E-state index contributed by atoms with van der Waals surface area (Å²) in [4.78, 5) is 37.4. The third kappa shape index (κ3) is 7.12. The van der Waals surface area contributed by atoms with Crippen LogP contribution in [0, 0.1) is 5.92 Å². The monoisotopic (exact) mass is 525 g/mol. The van der Waals surface area contributed by atoms with Crippen LogP contribution in [-0.2, 0) is 20.8 Å². The van der Waals surface area contributed by atoms with Gasteiger partial charge in [-0.25, -0.2) is 14.6 Å². The molecule has 10 nitrogen and oxygen atoms in total. The van der Waals surface area contributed by atoms with E-state index in [0.717, 1.165) is 18.4 Å². The van der Waals surface area contributed by atoms with Crippen LogP contribution >= 0.6 is 0 Å². The van der Waals surface area contributed by atoms with Crippen LogP contribution in [0.15, 0.2) is 42.6 Å². The van der Waals surface area contributed by atoms with Crippen LogP contribution in [-0.4, -0.2) is 70.5 Å². The highest BCUT2D eigenvalue weighted by molar-refractivity contribution is 5.89. The zero-order valence-corrected chi connectivity index (χ0v) is 22.9. The van der Waals surface area contributed by atoms with E-state index in [9.17, 15) is 9.59 Å². The molecule has 0 spiro atoms. The Morgan fingerprint density at radius 1 is 1.16 bits per heavy atom. The number of anilines is 2. The van der Waals surface area contributed by atoms with E-state index < -0.39 is 6.09 Å². The van der Waals surface area contributed by atoms with Crippen LogP contribution in [0.5, 0.6) is 0 Å². The van der Waals surface area contributed by atoms with E-state index in [1.807, 2.05) is 58.0 Å². The van der Waals surface area contributed by atoms with Gasteiger partial charge in [-0.2, -0.15) is 4.98 Å². The third-order valence-corrected chi connectivity index (χ3v) is 6.94. The molecule has 0 aliphatic carbocycles. The fourth-order valence-corrected chi connectivity index (χ4v) is 4.95. The number of piperidine rings is 1. The predicted molar refractivity (Wildman–Crippen MR) is 144 cm³/mol. The summed E-state index contributed by atoms with van der Waals surface area (Å²) >= 11 is 0. The first-order chi connectivity index (χ1) is 18.1. The van der Waals surface area contributed by atoms with Gasteiger partial charge in [0.2, 0.25) is 5.95 Å². The van der Waals surface area contributed by atoms with Gasteiger partial charge in [0.25, 0.3) is 0 Å². The number of nitrogens with one attached hydrogen (secondary N) is 1. The molecule has 0 saturated carbocycles. The lowest BCUT2D eigenvalue weighted by Crippen LogP contribution is -2.45. The maximum absolute atomic E-state index is 12.6. The van der Waals surface area contributed by atoms with Crippen LogP contribution in [0.4, 0.5) is 21.4 Å². The van der Waals surface area contributed by atoms with Gasteiger partial charge in [-0.3, -0.25) is 4.90 Å². The number of hydrogen-bond donors (Lipinski definition) is 1.